The minimum absolute atomic E-state index is 0.0698. The third-order valence-electron chi connectivity index (χ3n) is 5.91. The Morgan fingerprint density at radius 3 is 1.52 bits per heavy atom. The van der Waals surface area contributed by atoms with Crippen molar-refractivity contribution in [2.24, 2.45) is 0 Å². The Morgan fingerprint density at radius 2 is 1.02 bits per heavy atom. The van der Waals surface area contributed by atoms with Crippen LogP contribution in [0.15, 0.2) is 91.0 Å². The van der Waals surface area contributed by atoms with Crippen molar-refractivity contribution in [1.82, 2.24) is 21.3 Å². The Balaban J connectivity index is 1.39. The van der Waals surface area contributed by atoms with Crippen molar-refractivity contribution < 1.29 is 33.4 Å². The minimum atomic E-state index is -0.677. The van der Waals surface area contributed by atoms with Gasteiger partial charge in [0, 0.05) is 19.0 Å². The van der Waals surface area contributed by atoms with E-state index in [-0.39, 0.29) is 39.5 Å². The van der Waals surface area contributed by atoms with Crippen LogP contribution in [0.2, 0.25) is 0 Å². The van der Waals surface area contributed by atoms with E-state index in [4.69, 9.17) is 14.2 Å². The summed E-state index contributed by atoms with van der Waals surface area (Å²) in [6, 6.07) is 27.1. The number of ether oxygens (including phenoxy) is 3. The molecule has 0 saturated carbocycles. The van der Waals surface area contributed by atoms with Crippen molar-refractivity contribution in [3.8, 4) is 0 Å². The van der Waals surface area contributed by atoms with Crippen LogP contribution in [0.5, 0.6) is 0 Å². The van der Waals surface area contributed by atoms with Gasteiger partial charge in [-0.1, -0.05) is 91.0 Å². The highest BCUT2D eigenvalue weighted by molar-refractivity contribution is 5.78. The lowest BCUT2D eigenvalue weighted by atomic mass is 10.1. The lowest BCUT2D eigenvalue weighted by Gasteiger charge is -2.19. The van der Waals surface area contributed by atoms with Gasteiger partial charge in [0.05, 0.1) is 6.67 Å². The fourth-order valence-corrected chi connectivity index (χ4v) is 3.75. The number of benzene rings is 3. The van der Waals surface area contributed by atoms with Crippen LogP contribution in [0.25, 0.3) is 0 Å². The number of hydrogen-bond donors (Lipinski definition) is 4. The number of carbonyl (C=O) groups excluding carboxylic acids is 4. The molecule has 0 bridgehead atoms. The van der Waals surface area contributed by atoms with E-state index in [2.05, 4.69) is 21.3 Å². The van der Waals surface area contributed by atoms with E-state index >= 15 is 0 Å². The molecule has 0 saturated heterocycles. The van der Waals surface area contributed by atoms with Gasteiger partial charge in [0.1, 0.15) is 19.8 Å². The summed E-state index contributed by atoms with van der Waals surface area (Å²) in [7, 11) is 0. The van der Waals surface area contributed by atoms with E-state index in [0.717, 1.165) is 16.7 Å². The maximum Gasteiger partial charge on any atom is 0.408 e. The second-order valence-electron chi connectivity index (χ2n) is 9.25. The average Bonchev–Trinajstić information content (AvgIpc) is 3.01. The monoisotopic (exact) mass is 576 g/mol. The third kappa shape index (κ3) is 13.3. The van der Waals surface area contributed by atoms with Crippen LogP contribution in [0.1, 0.15) is 36.0 Å². The molecule has 0 aromatic heterocycles. The summed E-state index contributed by atoms with van der Waals surface area (Å²) in [6.07, 6.45) is -1.15. The molecule has 3 aromatic carbocycles. The maximum atomic E-state index is 12.6. The van der Waals surface area contributed by atoms with Crippen molar-refractivity contribution in [1.29, 1.82) is 0 Å². The molecule has 1 atom stereocenters. The van der Waals surface area contributed by atoms with E-state index in [0.29, 0.717) is 12.8 Å². The van der Waals surface area contributed by atoms with Gasteiger partial charge in [0.25, 0.3) is 0 Å². The number of hydrogen-bond acceptors (Lipinski definition) is 7. The molecular formula is C31H36N4O7. The number of alkyl carbamates (subject to hydrolysis) is 3. The van der Waals surface area contributed by atoms with E-state index < -0.39 is 30.2 Å². The zero-order valence-electron chi connectivity index (χ0n) is 23.3. The number of nitrogens with one attached hydrogen (secondary N) is 4. The van der Waals surface area contributed by atoms with Crippen molar-refractivity contribution in [3.63, 3.8) is 0 Å². The van der Waals surface area contributed by atoms with Gasteiger partial charge in [-0.3, -0.25) is 4.79 Å². The molecular weight excluding hydrogens is 540 g/mol. The van der Waals surface area contributed by atoms with Gasteiger partial charge < -0.3 is 35.5 Å². The van der Waals surface area contributed by atoms with Crippen molar-refractivity contribution in [2.75, 3.05) is 13.2 Å². The van der Waals surface area contributed by atoms with Gasteiger partial charge >= 0.3 is 18.3 Å². The largest absolute Gasteiger partial charge is 0.445 e. The molecule has 3 rings (SSSR count). The first-order chi connectivity index (χ1) is 20.5. The fourth-order valence-electron chi connectivity index (χ4n) is 3.75. The van der Waals surface area contributed by atoms with Crippen LogP contribution in [0, 0.1) is 0 Å². The van der Waals surface area contributed by atoms with E-state index in [9.17, 15) is 19.2 Å². The van der Waals surface area contributed by atoms with Gasteiger partial charge in [0.15, 0.2) is 0 Å². The predicted octanol–water partition coefficient (Wildman–Crippen LogP) is 4.38. The average molecular weight is 577 g/mol. The lowest BCUT2D eigenvalue weighted by molar-refractivity contribution is -0.121. The van der Waals surface area contributed by atoms with Crippen LogP contribution in [0.4, 0.5) is 14.4 Å². The molecule has 4 N–H and O–H groups in total. The van der Waals surface area contributed by atoms with E-state index in [1.807, 2.05) is 91.0 Å². The summed E-state index contributed by atoms with van der Waals surface area (Å²) >= 11 is 0. The third-order valence-corrected chi connectivity index (χ3v) is 5.91. The molecule has 0 unspecified atom stereocenters. The van der Waals surface area contributed by atoms with Crippen LogP contribution in [-0.2, 0) is 38.8 Å². The van der Waals surface area contributed by atoms with Gasteiger partial charge in [-0.05, 0) is 29.5 Å². The van der Waals surface area contributed by atoms with Gasteiger partial charge in [-0.2, -0.15) is 0 Å². The fraction of sp³-hybridized carbons (Fsp3) is 0.290. The molecule has 0 spiro atoms. The van der Waals surface area contributed by atoms with Crippen molar-refractivity contribution >= 4 is 24.2 Å². The summed E-state index contributed by atoms with van der Waals surface area (Å²) in [6.45, 7) is 0.465. The second kappa shape index (κ2) is 18.3. The summed E-state index contributed by atoms with van der Waals surface area (Å²) in [5.41, 5.74) is 2.53. The molecule has 0 fully saturated rings. The molecule has 3 aromatic rings. The minimum Gasteiger partial charge on any atom is -0.445 e. The normalized spacial score (nSPS) is 11.0. The Labute approximate surface area is 244 Å². The van der Waals surface area contributed by atoms with E-state index in [1.54, 1.807) is 0 Å². The highest BCUT2D eigenvalue weighted by atomic mass is 16.6. The predicted molar refractivity (Wildman–Crippen MR) is 155 cm³/mol. The van der Waals surface area contributed by atoms with Crippen LogP contribution in [-0.4, -0.2) is 43.4 Å². The van der Waals surface area contributed by atoms with Crippen LogP contribution in [0.3, 0.4) is 0 Å². The molecule has 0 aliphatic heterocycles. The molecule has 11 nitrogen and oxygen atoms in total. The summed E-state index contributed by atoms with van der Waals surface area (Å²) in [4.78, 5) is 48.9. The second-order valence-corrected chi connectivity index (χ2v) is 9.25. The first kappa shape index (κ1) is 31.5. The molecule has 0 aliphatic carbocycles. The number of amides is 4. The van der Waals surface area contributed by atoms with Crippen LogP contribution < -0.4 is 21.3 Å². The van der Waals surface area contributed by atoms with Crippen molar-refractivity contribution in [3.05, 3.63) is 108 Å². The first-order valence-corrected chi connectivity index (χ1v) is 13.6. The zero-order valence-corrected chi connectivity index (χ0v) is 23.3. The van der Waals surface area contributed by atoms with Gasteiger partial charge in [-0.25, -0.2) is 14.4 Å². The summed E-state index contributed by atoms with van der Waals surface area (Å²) < 4.78 is 15.6. The highest BCUT2D eigenvalue weighted by Crippen LogP contribution is 2.06. The Morgan fingerprint density at radius 1 is 0.571 bits per heavy atom. The summed E-state index contributed by atoms with van der Waals surface area (Å²) in [5.74, 6) is -0.401. The Bertz CT molecular complexity index is 1240. The standard InChI is InChI=1S/C31H36N4O7/c36-28(33-23-34-30(38)41-21-25-13-6-2-7-14-25)19-27(35-31(39)42-22-26-15-8-3-9-16-26)17-10-18-32-29(37)40-20-24-11-4-1-5-12-24/h1-9,11-16,27H,10,17-23H2,(H,32,37)(H,33,36)(H,34,38)(H,35,39)/t27-/m0/s1. The van der Waals surface area contributed by atoms with Gasteiger partial charge in [-0.15, -0.1) is 0 Å². The smallest absolute Gasteiger partial charge is 0.408 e. The molecule has 0 radical (unpaired) electrons. The molecule has 42 heavy (non-hydrogen) atoms. The number of rotatable bonds is 15. The summed E-state index contributed by atoms with van der Waals surface area (Å²) in [5, 5.41) is 10.4. The molecule has 11 heteroatoms. The Hall–Kier alpha value is -5.06. The van der Waals surface area contributed by atoms with Crippen LogP contribution >= 0.6 is 0 Å². The highest BCUT2D eigenvalue weighted by Gasteiger charge is 2.18. The topological polar surface area (TPSA) is 144 Å². The maximum absolute atomic E-state index is 12.6. The number of carbonyl (C=O) groups is 4. The molecule has 4 amide bonds. The molecule has 0 aliphatic rings. The lowest BCUT2D eigenvalue weighted by Crippen LogP contribution is -2.42. The SMILES string of the molecule is O=C(C[C@H](CCCNC(=O)OCc1ccccc1)NC(=O)OCc1ccccc1)NCNC(=O)OCc1ccccc1. The Kier molecular flexibility index (Phi) is 13.7. The van der Waals surface area contributed by atoms with E-state index in [1.165, 1.54) is 0 Å². The first-order valence-electron chi connectivity index (χ1n) is 13.6. The molecule has 222 valence electrons. The quantitative estimate of drug-likeness (QED) is 0.119. The molecule has 0 heterocycles. The van der Waals surface area contributed by atoms with Crippen molar-refractivity contribution in [2.45, 2.75) is 45.1 Å². The zero-order chi connectivity index (χ0) is 29.8. The van der Waals surface area contributed by atoms with Gasteiger partial charge in [0.2, 0.25) is 5.91 Å².